The second-order valence-corrected chi connectivity index (χ2v) is 8.89. The van der Waals surface area contributed by atoms with E-state index in [4.69, 9.17) is 11.6 Å². The van der Waals surface area contributed by atoms with Gasteiger partial charge in [-0.25, -0.2) is 13.5 Å². The van der Waals surface area contributed by atoms with Crippen molar-refractivity contribution < 1.29 is 13.6 Å². The van der Waals surface area contributed by atoms with Crippen LogP contribution < -0.4 is 4.31 Å². The monoisotopic (exact) mass is 467 g/mol. The fraction of sp³-hybridized carbons (Fsp3) is 0.167. The molecule has 6 nitrogen and oxygen atoms in total. The van der Waals surface area contributed by atoms with Crippen LogP contribution in [-0.4, -0.2) is 24.2 Å². The van der Waals surface area contributed by atoms with Gasteiger partial charge < -0.3 is 4.57 Å². The molecule has 1 heterocycles. The van der Waals surface area contributed by atoms with Crippen molar-refractivity contribution in [1.29, 1.82) is 0 Å². The van der Waals surface area contributed by atoms with Gasteiger partial charge in [-0.1, -0.05) is 41.9 Å². The Morgan fingerprint density at radius 2 is 1.84 bits per heavy atom. The van der Waals surface area contributed by atoms with Gasteiger partial charge in [0.1, 0.15) is 5.82 Å². The summed E-state index contributed by atoms with van der Waals surface area (Å²) in [6.45, 7) is 6.05. The Hall–Kier alpha value is -3.00. The maximum absolute atomic E-state index is 13.3. The SMILES string of the molecule is Cc1ccc(C)c(N(C(=O)c2ccc3nc(C)n(Cc4ccccc4Cl)c3c2)S(=O)O)c1. The lowest BCUT2D eigenvalue weighted by Crippen LogP contribution is -2.33. The molecule has 0 aliphatic heterocycles. The predicted octanol–water partition coefficient (Wildman–Crippen LogP) is 5.45. The summed E-state index contributed by atoms with van der Waals surface area (Å²) in [5.41, 5.74) is 4.72. The molecule has 0 saturated heterocycles. The average molecular weight is 468 g/mol. The average Bonchev–Trinajstić information content (AvgIpc) is 3.06. The summed E-state index contributed by atoms with van der Waals surface area (Å²) in [6, 6.07) is 18.1. The van der Waals surface area contributed by atoms with E-state index >= 15 is 0 Å². The number of fused-ring (bicyclic) bond motifs is 1. The maximum atomic E-state index is 13.3. The number of aromatic nitrogens is 2. The lowest BCUT2D eigenvalue weighted by molar-refractivity contribution is 0.100. The van der Waals surface area contributed by atoms with Crippen molar-refractivity contribution in [1.82, 2.24) is 9.55 Å². The minimum atomic E-state index is -2.53. The number of imidazole rings is 1. The second-order valence-electron chi connectivity index (χ2n) is 7.66. The molecule has 0 spiro atoms. The summed E-state index contributed by atoms with van der Waals surface area (Å²) in [5.74, 6) is 0.214. The number of benzene rings is 3. The van der Waals surface area contributed by atoms with Crippen molar-refractivity contribution in [2.45, 2.75) is 27.3 Å². The summed E-state index contributed by atoms with van der Waals surface area (Å²) in [7, 11) is 0. The highest BCUT2D eigenvalue weighted by atomic mass is 35.5. The zero-order valence-electron chi connectivity index (χ0n) is 17.9. The van der Waals surface area contributed by atoms with Crippen LogP contribution in [0.3, 0.4) is 0 Å². The number of hydrogen-bond donors (Lipinski definition) is 1. The largest absolute Gasteiger partial charge is 0.324 e. The zero-order valence-corrected chi connectivity index (χ0v) is 19.4. The Balaban J connectivity index is 1.79. The first-order valence-electron chi connectivity index (χ1n) is 9.99. The number of aryl methyl sites for hydroxylation is 3. The van der Waals surface area contributed by atoms with Gasteiger partial charge in [0, 0.05) is 10.6 Å². The molecule has 0 saturated carbocycles. The standard InChI is InChI=1S/C24H22ClN3O3S/c1-15-8-9-16(2)22(12-15)28(32(30)31)24(29)18-10-11-21-23(13-18)27(17(3)26-21)14-19-6-4-5-7-20(19)25/h4-13H,14H2,1-3H3,(H,30,31). The molecule has 8 heteroatoms. The highest BCUT2D eigenvalue weighted by Crippen LogP contribution is 2.27. The van der Waals surface area contributed by atoms with Crippen LogP contribution in [0.1, 0.15) is 32.9 Å². The van der Waals surface area contributed by atoms with E-state index in [0.29, 0.717) is 22.8 Å². The summed E-state index contributed by atoms with van der Waals surface area (Å²) in [6.07, 6.45) is 0. The van der Waals surface area contributed by atoms with Crippen LogP contribution in [0.25, 0.3) is 11.0 Å². The van der Waals surface area contributed by atoms with Crippen LogP contribution in [0.5, 0.6) is 0 Å². The molecule has 164 valence electrons. The van der Waals surface area contributed by atoms with E-state index in [-0.39, 0.29) is 0 Å². The van der Waals surface area contributed by atoms with E-state index in [1.54, 1.807) is 31.2 Å². The van der Waals surface area contributed by atoms with Crippen LogP contribution in [0.2, 0.25) is 5.02 Å². The van der Waals surface area contributed by atoms with E-state index in [1.165, 1.54) is 0 Å². The molecule has 1 amide bonds. The van der Waals surface area contributed by atoms with Crippen molar-refractivity contribution in [2.75, 3.05) is 4.31 Å². The van der Waals surface area contributed by atoms with E-state index in [9.17, 15) is 13.6 Å². The molecule has 3 aromatic carbocycles. The number of nitrogens with zero attached hydrogens (tertiary/aromatic N) is 3. The summed E-state index contributed by atoms with van der Waals surface area (Å²) < 4.78 is 25.0. The quantitative estimate of drug-likeness (QED) is 0.396. The normalized spacial score (nSPS) is 12.2. The molecular weight excluding hydrogens is 446 g/mol. The fourth-order valence-corrected chi connectivity index (χ4v) is 4.50. The van der Waals surface area contributed by atoms with Gasteiger partial charge in [-0.3, -0.25) is 9.35 Å². The van der Waals surface area contributed by atoms with Gasteiger partial charge in [-0.15, -0.1) is 0 Å². The van der Waals surface area contributed by atoms with Gasteiger partial charge in [0.2, 0.25) is 0 Å². The molecule has 1 N–H and O–H groups in total. The van der Waals surface area contributed by atoms with Crippen molar-refractivity contribution >= 4 is 45.5 Å². The van der Waals surface area contributed by atoms with Crippen LogP contribution in [-0.2, 0) is 17.8 Å². The molecule has 1 unspecified atom stereocenters. The van der Waals surface area contributed by atoms with Crippen molar-refractivity contribution in [2.24, 2.45) is 0 Å². The second kappa shape index (κ2) is 8.86. The molecule has 0 aliphatic rings. The fourth-order valence-electron chi connectivity index (χ4n) is 3.69. The summed E-state index contributed by atoms with van der Waals surface area (Å²) in [4.78, 5) is 17.9. The first-order chi connectivity index (χ1) is 15.3. The van der Waals surface area contributed by atoms with Crippen molar-refractivity contribution in [3.8, 4) is 0 Å². The van der Waals surface area contributed by atoms with E-state index in [2.05, 4.69) is 4.98 Å². The first kappa shape index (κ1) is 22.2. The Morgan fingerprint density at radius 1 is 1.09 bits per heavy atom. The Bertz CT molecular complexity index is 1370. The molecule has 0 bridgehead atoms. The number of halogens is 1. The molecule has 1 atom stereocenters. The number of rotatable bonds is 5. The smallest absolute Gasteiger partial charge is 0.272 e. The maximum Gasteiger partial charge on any atom is 0.272 e. The predicted molar refractivity (Wildman–Crippen MR) is 129 cm³/mol. The Morgan fingerprint density at radius 3 is 2.56 bits per heavy atom. The number of carbonyl (C=O) groups excluding carboxylic acids is 1. The lowest BCUT2D eigenvalue weighted by Gasteiger charge is -2.20. The minimum Gasteiger partial charge on any atom is -0.324 e. The third-order valence-corrected chi connectivity index (χ3v) is 6.44. The molecule has 4 rings (SSSR count). The van der Waals surface area contributed by atoms with Crippen LogP contribution in [0.15, 0.2) is 60.7 Å². The van der Waals surface area contributed by atoms with E-state index in [1.807, 2.05) is 54.8 Å². The highest BCUT2D eigenvalue weighted by molar-refractivity contribution is 7.81. The third kappa shape index (κ3) is 4.19. The third-order valence-electron chi connectivity index (χ3n) is 5.40. The summed E-state index contributed by atoms with van der Waals surface area (Å²) >= 11 is 3.81. The Labute approximate surface area is 193 Å². The minimum absolute atomic E-state index is 0.293. The number of hydrogen-bond acceptors (Lipinski definition) is 3. The molecule has 32 heavy (non-hydrogen) atoms. The van der Waals surface area contributed by atoms with Gasteiger partial charge >= 0.3 is 0 Å². The number of anilines is 1. The van der Waals surface area contributed by atoms with Gasteiger partial charge in [-0.05, 0) is 67.8 Å². The number of amides is 1. The molecule has 1 aromatic heterocycles. The van der Waals surface area contributed by atoms with Crippen molar-refractivity contribution in [3.63, 3.8) is 0 Å². The van der Waals surface area contributed by atoms with Crippen LogP contribution in [0.4, 0.5) is 5.69 Å². The van der Waals surface area contributed by atoms with Gasteiger partial charge in [0.25, 0.3) is 17.2 Å². The van der Waals surface area contributed by atoms with Crippen LogP contribution in [0, 0.1) is 20.8 Å². The molecule has 4 aromatic rings. The van der Waals surface area contributed by atoms with Crippen molar-refractivity contribution in [3.05, 3.63) is 93.8 Å². The lowest BCUT2D eigenvalue weighted by atomic mass is 10.1. The van der Waals surface area contributed by atoms with E-state index < -0.39 is 17.2 Å². The van der Waals surface area contributed by atoms with Crippen LogP contribution >= 0.6 is 11.6 Å². The van der Waals surface area contributed by atoms with Gasteiger partial charge in [0.05, 0.1) is 23.3 Å². The topological polar surface area (TPSA) is 75.4 Å². The molecule has 0 radical (unpaired) electrons. The van der Waals surface area contributed by atoms with Gasteiger partial charge in [0.15, 0.2) is 0 Å². The first-order valence-corrected chi connectivity index (χ1v) is 11.4. The number of carbonyl (C=O) groups is 1. The summed E-state index contributed by atoms with van der Waals surface area (Å²) in [5, 5.41) is 0.651. The van der Waals surface area contributed by atoms with Gasteiger partial charge in [-0.2, -0.15) is 0 Å². The highest BCUT2D eigenvalue weighted by Gasteiger charge is 2.25. The molecule has 0 aliphatic carbocycles. The Kier molecular flexibility index (Phi) is 6.15. The zero-order chi connectivity index (χ0) is 23.0. The van der Waals surface area contributed by atoms with E-state index in [0.717, 1.165) is 37.9 Å². The molecular formula is C24H22ClN3O3S. The molecule has 0 fully saturated rings.